The number of aliphatic hydroxyl groups is 3. The van der Waals surface area contributed by atoms with Gasteiger partial charge in [0.05, 0.1) is 35.1 Å². The van der Waals surface area contributed by atoms with Crippen LogP contribution in [0.15, 0.2) is 29.8 Å². The second-order valence-corrected chi connectivity index (χ2v) is 11.2. The van der Waals surface area contributed by atoms with Crippen LogP contribution in [-0.2, 0) is 21.1 Å². The van der Waals surface area contributed by atoms with Crippen LogP contribution in [0, 0.1) is 24.2 Å². The highest BCUT2D eigenvalue weighted by molar-refractivity contribution is 5.88. The Morgan fingerprint density at radius 1 is 1.16 bits per heavy atom. The van der Waals surface area contributed by atoms with Gasteiger partial charge in [-0.05, 0) is 56.7 Å². The van der Waals surface area contributed by atoms with E-state index in [4.69, 9.17) is 4.74 Å². The van der Waals surface area contributed by atoms with E-state index >= 15 is 0 Å². The molecule has 3 unspecified atom stereocenters. The number of carbonyl (C=O) groups excluding carboxylic acids is 2. The molecule has 5 atom stereocenters. The number of imidazole rings is 1. The van der Waals surface area contributed by atoms with Crippen molar-refractivity contribution in [3.63, 3.8) is 0 Å². The number of fused-ring (bicyclic) bond motifs is 1. The molecular formula is C29H42N2O6. The van der Waals surface area contributed by atoms with Gasteiger partial charge in [0.25, 0.3) is 0 Å². The van der Waals surface area contributed by atoms with Gasteiger partial charge in [-0.1, -0.05) is 45.4 Å². The van der Waals surface area contributed by atoms with E-state index in [1.165, 1.54) is 0 Å². The van der Waals surface area contributed by atoms with Gasteiger partial charge in [0.15, 0.2) is 0 Å². The van der Waals surface area contributed by atoms with Gasteiger partial charge in [0.2, 0.25) is 0 Å². The lowest BCUT2D eigenvalue weighted by Gasteiger charge is -2.34. The predicted octanol–water partition coefficient (Wildman–Crippen LogP) is 4.38. The van der Waals surface area contributed by atoms with Crippen molar-refractivity contribution in [3.8, 4) is 0 Å². The minimum atomic E-state index is -1.26. The number of cyclic esters (lactones) is 1. The number of rotatable bonds is 2. The molecule has 0 radical (unpaired) electrons. The molecule has 8 nitrogen and oxygen atoms in total. The third-order valence-corrected chi connectivity index (χ3v) is 8.00. The number of aliphatic hydroxyl groups excluding tert-OH is 3. The van der Waals surface area contributed by atoms with Gasteiger partial charge in [-0.2, -0.15) is 0 Å². The Kier molecular flexibility index (Phi) is 9.32. The summed E-state index contributed by atoms with van der Waals surface area (Å²) in [4.78, 5) is 30.8. The van der Waals surface area contributed by atoms with Crippen LogP contribution in [0.3, 0.4) is 0 Å². The molecule has 0 spiro atoms. The summed E-state index contributed by atoms with van der Waals surface area (Å²) >= 11 is 0. The molecule has 0 saturated heterocycles. The zero-order valence-electron chi connectivity index (χ0n) is 22.9. The molecule has 0 bridgehead atoms. The highest BCUT2D eigenvalue weighted by atomic mass is 16.5. The van der Waals surface area contributed by atoms with E-state index in [-0.39, 0.29) is 24.9 Å². The van der Waals surface area contributed by atoms with Gasteiger partial charge in [-0.15, -0.1) is 0 Å². The molecule has 3 rings (SSSR count). The fraction of sp³-hybridized carbons (Fsp3) is 0.621. The Hall–Kier alpha value is -2.55. The Morgan fingerprint density at radius 2 is 1.86 bits per heavy atom. The lowest BCUT2D eigenvalue weighted by atomic mass is 9.73. The summed E-state index contributed by atoms with van der Waals surface area (Å²) in [7, 11) is 0. The molecule has 0 saturated carbocycles. The van der Waals surface area contributed by atoms with Crippen LogP contribution in [0.1, 0.15) is 84.2 Å². The fourth-order valence-electron chi connectivity index (χ4n) is 5.20. The first-order valence-corrected chi connectivity index (χ1v) is 13.2. The summed E-state index contributed by atoms with van der Waals surface area (Å²) in [5.41, 5.74) is 2.18. The summed E-state index contributed by atoms with van der Waals surface area (Å²) in [5, 5.41) is 31.4. The molecule has 3 N–H and O–H groups in total. The topological polar surface area (TPSA) is 122 Å². The Morgan fingerprint density at radius 3 is 2.54 bits per heavy atom. The van der Waals surface area contributed by atoms with Crippen molar-refractivity contribution >= 4 is 22.8 Å². The molecule has 0 amide bonds. The molecule has 1 aliphatic heterocycles. The minimum Gasteiger partial charge on any atom is -0.457 e. The van der Waals surface area contributed by atoms with Gasteiger partial charge < -0.3 is 24.6 Å². The van der Waals surface area contributed by atoms with Gasteiger partial charge in [-0.25, -0.2) is 4.98 Å². The van der Waals surface area contributed by atoms with Crippen LogP contribution in [-0.4, -0.2) is 48.8 Å². The van der Waals surface area contributed by atoms with E-state index in [1.807, 2.05) is 39.0 Å². The monoisotopic (exact) mass is 514 g/mol. The van der Waals surface area contributed by atoms with E-state index < -0.39 is 35.6 Å². The molecule has 0 fully saturated rings. The van der Waals surface area contributed by atoms with Crippen LogP contribution < -0.4 is 0 Å². The normalized spacial score (nSPS) is 28.7. The minimum absolute atomic E-state index is 0.0702. The van der Waals surface area contributed by atoms with E-state index in [9.17, 15) is 24.9 Å². The van der Waals surface area contributed by atoms with Crippen molar-refractivity contribution in [2.75, 3.05) is 0 Å². The van der Waals surface area contributed by atoms with Gasteiger partial charge in [0, 0.05) is 12.3 Å². The summed E-state index contributed by atoms with van der Waals surface area (Å²) in [6.45, 7) is 10.5. The Labute approximate surface area is 219 Å². The van der Waals surface area contributed by atoms with Crippen molar-refractivity contribution in [1.82, 2.24) is 9.55 Å². The van der Waals surface area contributed by atoms with Crippen molar-refractivity contribution in [3.05, 3.63) is 41.2 Å². The number of hydrogen-bond acceptors (Lipinski definition) is 7. The molecule has 2 aromatic rings. The quantitative estimate of drug-likeness (QED) is 0.402. The number of nitrogens with zero attached hydrogens (tertiary/aromatic N) is 2. The number of Topliss-reactive ketones (excluding diaryl/α,β-unsaturated/α-hetero) is 1. The summed E-state index contributed by atoms with van der Waals surface area (Å²) < 4.78 is 7.57. The van der Waals surface area contributed by atoms with E-state index in [1.54, 1.807) is 25.3 Å². The van der Waals surface area contributed by atoms with Crippen LogP contribution in [0.4, 0.5) is 0 Å². The zero-order chi connectivity index (χ0) is 27.5. The van der Waals surface area contributed by atoms with Gasteiger partial charge in [-0.3, -0.25) is 9.59 Å². The number of ether oxygens (including phenoxy) is 1. The zero-order valence-corrected chi connectivity index (χ0v) is 22.9. The van der Waals surface area contributed by atoms with Crippen molar-refractivity contribution in [2.24, 2.45) is 17.3 Å². The highest BCUT2D eigenvalue weighted by Crippen LogP contribution is 2.33. The predicted molar refractivity (Wildman–Crippen MR) is 141 cm³/mol. The van der Waals surface area contributed by atoms with E-state index in [0.717, 1.165) is 35.9 Å². The number of aryl methyl sites for hydroxylation is 1. The second kappa shape index (κ2) is 11.9. The number of allylic oxidation sites excluding steroid dienone is 1. The van der Waals surface area contributed by atoms with Crippen molar-refractivity contribution in [2.45, 2.75) is 98.7 Å². The third kappa shape index (κ3) is 6.48. The van der Waals surface area contributed by atoms with Crippen LogP contribution in [0.5, 0.6) is 0 Å². The maximum absolute atomic E-state index is 13.2. The number of ketones is 1. The smallest absolute Gasteiger partial charge is 0.309 e. The number of hydrogen-bond donors (Lipinski definition) is 3. The molecule has 2 heterocycles. The number of carbonyl (C=O) groups is 2. The molecule has 1 aliphatic rings. The first-order chi connectivity index (χ1) is 17.4. The molecule has 204 valence electrons. The van der Waals surface area contributed by atoms with Gasteiger partial charge >= 0.3 is 5.97 Å². The van der Waals surface area contributed by atoms with Crippen LogP contribution in [0.2, 0.25) is 0 Å². The molecule has 0 aliphatic carbocycles. The SMILES string of the molecule is CC1=CC[C@@H](c2ccc3c(c2)nc(C)n3CO)OC(=O)CC(O)C(C)(C)C(=O)C(C)[C@@H](O)C(C)CCC1. The van der Waals surface area contributed by atoms with Crippen LogP contribution >= 0.6 is 0 Å². The van der Waals surface area contributed by atoms with Crippen molar-refractivity contribution < 1.29 is 29.6 Å². The first-order valence-electron chi connectivity index (χ1n) is 13.2. The maximum atomic E-state index is 13.2. The van der Waals surface area contributed by atoms with Crippen LogP contribution in [0.25, 0.3) is 11.0 Å². The summed E-state index contributed by atoms with van der Waals surface area (Å²) in [6, 6.07) is 5.58. The Bertz CT molecular complexity index is 1150. The standard InChI is InChI=1S/C29H42N2O6/c1-17-8-7-9-18(2)27(35)19(3)28(36)29(5,6)25(33)15-26(34)37-24(13-10-17)21-11-12-23-22(14-21)30-20(4)31(23)16-32/h10-12,14,18-19,24-25,27,32-33,35H,7-9,13,15-16H2,1-6H3/t18?,19?,24-,25?,27-/m0/s1. The molecule has 37 heavy (non-hydrogen) atoms. The first kappa shape index (κ1) is 29.0. The van der Waals surface area contributed by atoms with E-state index in [0.29, 0.717) is 17.8 Å². The highest BCUT2D eigenvalue weighted by Gasteiger charge is 2.42. The lowest BCUT2D eigenvalue weighted by Crippen LogP contribution is -2.45. The molecular weight excluding hydrogens is 472 g/mol. The second-order valence-electron chi connectivity index (χ2n) is 11.2. The molecule has 8 heteroatoms. The average Bonchev–Trinajstić information content (AvgIpc) is 3.18. The number of aromatic nitrogens is 2. The molecule has 1 aromatic heterocycles. The molecule has 1 aromatic carbocycles. The number of benzene rings is 1. The van der Waals surface area contributed by atoms with Crippen molar-refractivity contribution in [1.29, 1.82) is 0 Å². The maximum Gasteiger partial charge on any atom is 0.309 e. The van der Waals surface area contributed by atoms with Gasteiger partial charge in [0.1, 0.15) is 24.4 Å². The van der Waals surface area contributed by atoms with E-state index in [2.05, 4.69) is 11.1 Å². The fourth-order valence-corrected chi connectivity index (χ4v) is 5.20. The lowest BCUT2D eigenvalue weighted by molar-refractivity contribution is -0.155. The average molecular weight is 515 g/mol. The summed E-state index contributed by atoms with van der Waals surface area (Å²) in [6.07, 6.45) is 1.99. The third-order valence-electron chi connectivity index (χ3n) is 8.00. The largest absolute Gasteiger partial charge is 0.457 e. The number of esters is 1. The summed E-state index contributed by atoms with van der Waals surface area (Å²) in [5.74, 6) is -0.924. The Balaban J connectivity index is 1.94.